The fraction of sp³-hybridized carbons (Fsp3) is 0.444. The van der Waals surface area contributed by atoms with E-state index in [0.29, 0.717) is 49.9 Å². The third kappa shape index (κ3) is 7.43. The molecule has 6 rings (SSSR count). The second kappa shape index (κ2) is 15.0. The molecule has 2 aromatic rings. The number of nitrogens with one attached hydrogen (secondary N) is 4. The van der Waals surface area contributed by atoms with Gasteiger partial charge in [0.25, 0.3) is 0 Å². The highest BCUT2D eigenvalue weighted by atomic mass is 16.5. The quantitative estimate of drug-likeness (QED) is 0.305. The van der Waals surface area contributed by atoms with E-state index in [1.54, 1.807) is 34.1 Å². The lowest BCUT2D eigenvalue weighted by atomic mass is 9.98. The van der Waals surface area contributed by atoms with Crippen molar-refractivity contribution in [3.63, 3.8) is 0 Å². The number of carbonyl (C=O) groups is 6. The van der Waals surface area contributed by atoms with Gasteiger partial charge in [0.05, 0.1) is 14.2 Å². The molecule has 0 aromatic heterocycles. The number of piperidine rings is 2. The second-order valence-corrected chi connectivity index (χ2v) is 13.1. The molecule has 50 heavy (non-hydrogen) atoms. The molecule has 0 saturated carbocycles. The number of fused-ring (bicyclic) bond motifs is 2. The van der Waals surface area contributed by atoms with Crippen LogP contribution in [-0.2, 0) is 28.7 Å². The summed E-state index contributed by atoms with van der Waals surface area (Å²) in [6.07, 6.45) is 7.59. The summed E-state index contributed by atoms with van der Waals surface area (Å²) in [7, 11) is 2.49. The summed E-state index contributed by atoms with van der Waals surface area (Å²) in [4.78, 5) is 79.2. The number of carbonyl (C=O) groups excluding carboxylic acids is 6. The van der Waals surface area contributed by atoms with Crippen LogP contribution in [0.5, 0.6) is 0 Å². The lowest BCUT2D eigenvalue weighted by molar-refractivity contribution is -0.143. The molecule has 14 heteroatoms. The first-order chi connectivity index (χ1) is 24.1. The number of alkyl carbamates (subject to hydrolysis) is 2. The normalized spacial score (nSPS) is 25.8. The van der Waals surface area contributed by atoms with Crippen molar-refractivity contribution >= 4 is 59.3 Å². The topological polar surface area (TPSA) is 175 Å². The summed E-state index contributed by atoms with van der Waals surface area (Å²) in [6.45, 7) is 0. The van der Waals surface area contributed by atoms with Crippen molar-refractivity contribution in [1.82, 2.24) is 20.4 Å². The molecule has 6 amide bonds. The summed E-state index contributed by atoms with van der Waals surface area (Å²) in [5.74, 6) is -1.04. The Kier molecular flexibility index (Phi) is 10.3. The summed E-state index contributed by atoms with van der Waals surface area (Å²) in [5.41, 5.74) is 3.04. The van der Waals surface area contributed by atoms with Crippen LogP contribution in [0.2, 0.25) is 0 Å². The van der Waals surface area contributed by atoms with Crippen molar-refractivity contribution in [2.75, 3.05) is 24.9 Å². The number of hydrogen-bond donors (Lipinski definition) is 4. The molecule has 4 saturated heterocycles. The standard InChI is InChI=1S/C36H42N6O8/c1-49-35(47)39-27-17-13-25-15-19-29(41(25)33(27)45)31(43)37-23-9-5-21(6-10-23)3-4-22-7-11-24(12-8-22)38-32(44)30-20-16-26-14-18-28(34(46)42(26)30)40-36(48)50-2/h3-12,25-30H,13-20H2,1-2H3,(H,37,43)(H,38,44)(H,39,47)(H,40,48). The maximum atomic E-state index is 13.2. The fourth-order valence-corrected chi connectivity index (χ4v) is 7.51. The molecular formula is C36H42N6O8. The molecule has 4 aliphatic rings. The van der Waals surface area contributed by atoms with E-state index in [0.717, 1.165) is 24.0 Å². The number of amides is 6. The predicted molar refractivity (Wildman–Crippen MR) is 184 cm³/mol. The Morgan fingerprint density at radius 1 is 0.580 bits per heavy atom. The molecular weight excluding hydrogens is 644 g/mol. The molecule has 0 radical (unpaired) electrons. The number of ether oxygens (including phenoxy) is 2. The van der Waals surface area contributed by atoms with Gasteiger partial charge in [0.15, 0.2) is 0 Å². The molecule has 0 bridgehead atoms. The van der Waals surface area contributed by atoms with Crippen molar-refractivity contribution in [1.29, 1.82) is 0 Å². The molecule has 4 fully saturated rings. The highest BCUT2D eigenvalue weighted by Crippen LogP contribution is 2.34. The summed E-state index contributed by atoms with van der Waals surface area (Å²) >= 11 is 0. The third-order valence-corrected chi connectivity index (χ3v) is 10.1. The van der Waals surface area contributed by atoms with Crippen molar-refractivity contribution in [3.05, 3.63) is 59.7 Å². The molecule has 4 heterocycles. The lowest BCUT2D eigenvalue weighted by Crippen LogP contribution is -2.58. The van der Waals surface area contributed by atoms with Crippen LogP contribution in [0.3, 0.4) is 0 Å². The zero-order valence-electron chi connectivity index (χ0n) is 28.1. The van der Waals surface area contributed by atoms with E-state index in [2.05, 4.69) is 30.7 Å². The molecule has 14 nitrogen and oxygen atoms in total. The van der Waals surface area contributed by atoms with Gasteiger partial charge >= 0.3 is 12.2 Å². The van der Waals surface area contributed by atoms with Crippen molar-refractivity contribution in [2.24, 2.45) is 0 Å². The lowest BCUT2D eigenvalue weighted by Gasteiger charge is -2.37. The number of anilines is 2. The summed E-state index contributed by atoms with van der Waals surface area (Å²) < 4.78 is 9.28. The number of rotatable bonds is 8. The molecule has 4 N–H and O–H groups in total. The van der Waals surface area contributed by atoms with Gasteiger partial charge in [-0.05, 0) is 86.8 Å². The zero-order chi connectivity index (χ0) is 35.4. The Labute approximate surface area is 289 Å². The smallest absolute Gasteiger partial charge is 0.407 e. The van der Waals surface area contributed by atoms with Crippen molar-refractivity contribution < 1.29 is 38.2 Å². The van der Waals surface area contributed by atoms with Gasteiger partial charge < -0.3 is 40.5 Å². The van der Waals surface area contributed by atoms with Crippen molar-refractivity contribution in [3.8, 4) is 0 Å². The number of hydrogen-bond acceptors (Lipinski definition) is 8. The minimum atomic E-state index is -0.702. The van der Waals surface area contributed by atoms with Crippen LogP contribution in [0, 0.1) is 0 Å². The van der Waals surface area contributed by atoms with Gasteiger partial charge in [-0.1, -0.05) is 36.4 Å². The van der Waals surface area contributed by atoms with E-state index in [1.165, 1.54) is 14.2 Å². The molecule has 4 aliphatic heterocycles. The maximum absolute atomic E-state index is 13.2. The molecule has 264 valence electrons. The average molecular weight is 687 g/mol. The van der Waals surface area contributed by atoms with E-state index in [4.69, 9.17) is 0 Å². The minimum Gasteiger partial charge on any atom is -0.453 e. The maximum Gasteiger partial charge on any atom is 0.407 e. The molecule has 2 aromatic carbocycles. The SMILES string of the molecule is COC(=O)NC1CCC2CCC(C(=O)Nc3ccc(C=Cc4ccc(NC(=O)C5CCC6CCC(NC(=O)OC)C(=O)N65)cc4)cc3)N2C1=O. The van der Waals surface area contributed by atoms with Gasteiger partial charge in [-0.2, -0.15) is 0 Å². The average Bonchev–Trinajstić information content (AvgIpc) is 3.77. The van der Waals surface area contributed by atoms with E-state index < -0.39 is 36.4 Å². The van der Waals surface area contributed by atoms with E-state index in [-0.39, 0.29) is 35.7 Å². The first kappa shape index (κ1) is 34.5. The monoisotopic (exact) mass is 686 g/mol. The summed E-state index contributed by atoms with van der Waals surface area (Å²) in [6, 6.07) is 12.1. The minimum absolute atomic E-state index is 0.0154. The van der Waals surface area contributed by atoms with E-state index in [1.807, 2.05) is 36.4 Å². The van der Waals surface area contributed by atoms with Gasteiger partial charge in [0.2, 0.25) is 23.6 Å². The van der Waals surface area contributed by atoms with Gasteiger partial charge in [-0.25, -0.2) is 9.59 Å². The molecule has 0 aliphatic carbocycles. The summed E-state index contributed by atoms with van der Waals surface area (Å²) in [5, 5.41) is 11.0. The van der Waals surface area contributed by atoms with Crippen LogP contribution in [0.15, 0.2) is 48.5 Å². The largest absolute Gasteiger partial charge is 0.453 e. The number of nitrogens with zero attached hydrogens (tertiary/aromatic N) is 2. The first-order valence-corrected chi connectivity index (χ1v) is 17.0. The van der Waals surface area contributed by atoms with Crippen LogP contribution in [0.1, 0.15) is 62.5 Å². The third-order valence-electron chi connectivity index (χ3n) is 10.1. The highest BCUT2D eigenvalue weighted by Gasteiger charge is 2.47. The van der Waals surface area contributed by atoms with Gasteiger partial charge in [-0.15, -0.1) is 0 Å². The second-order valence-electron chi connectivity index (χ2n) is 13.1. The van der Waals surface area contributed by atoms with Crippen LogP contribution in [-0.4, -0.2) is 96.1 Å². The number of methoxy groups -OCH3 is 2. The fourth-order valence-electron chi connectivity index (χ4n) is 7.51. The predicted octanol–water partition coefficient (Wildman–Crippen LogP) is 3.49. The van der Waals surface area contributed by atoms with Gasteiger partial charge in [0, 0.05) is 23.5 Å². The molecule has 0 spiro atoms. The van der Waals surface area contributed by atoms with Gasteiger partial charge in [-0.3, -0.25) is 19.2 Å². The highest BCUT2D eigenvalue weighted by molar-refractivity contribution is 6.00. The first-order valence-electron chi connectivity index (χ1n) is 17.0. The van der Waals surface area contributed by atoms with Crippen LogP contribution >= 0.6 is 0 Å². The van der Waals surface area contributed by atoms with Crippen LogP contribution < -0.4 is 21.3 Å². The Morgan fingerprint density at radius 2 is 0.940 bits per heavy atom. The Hall–Kier alpha value is -5.40. The van der Waals surface area contributed by atoms with E-state index >= 15 is 0 Å². The zero-order valence-corrected chi connectivity index (χ0v) is 28.1. The molecule has 6 unspecified atom stereocenters. The van der Waals surface area contributed by atoms with Gasteiger partial charge in [0.1, 0.15) is 24.2 Å². The van der Waals surface area contributed by atoms with E-state index in [9.17, 15) is 28.8 Å². The Morgan fingerprint density at radius 3 is 1.30 bits per heavy atom. The number of benzene rings is 2. The Balaban J connectivity index is 1.00. The Bertz CT molecular complexity index is 1540. The van der Waals surface area contributed by atoms with Crippen LogP contribution in [0.4, 0.5) is 21.0 Å². The van der Waals surface area contributed by atoms with Crippen molar-refractivity contribution in [2.45, 2.75) is 87.6 Å². The molecule has 6 atom stereocenters. The van der Waals surface area contributed by atoms with Crippen LogP contribution in [0.25, 0.3) is 12.2 Å².